The summed E-state index contributed by atoms with van der Waals surface area (Å²) in [5, 5.41) is 15.8. The standard InChI is InChI=1S/C65H48N4/c1-41-14-5-9-18-46(41)32-45-23-30-60-59(33-45)57-29-26-49(54-22-12-8-17-44(54)4)36-63(57)68(60)65-38-58(50-19-13-31-67-40-50)51(39-66)37-64(65)69-61-34-47(52-20-10-6-15-42(52)2)24-27-55(61)56-28-25-48(35-62(56)69)53-21-11-7-16-43(53)3/h5-31,33-38,40H,32H2,1-4H3. The van der Waals surface area contributed by atoms with Gasteiger partial charge in [0.25, 0.3) is 0 Å². The van der Waals surface area contributed by atoms with E-state index in [1.54, 1.807) is 6.20 Å². The highest BCUT2D eigenvalue weighted by Crippen LogP contribution is 2.44. The van der Waals surface area contributed by atoms with Crippen LogP contribution in [-0.2, 0) is 6.42 Å². The lowest BCUT2D eigenvalue weighted by Gasteiger charge is -2.20. The van der Waals surface area contributed by atoms with Gasteiger partial charge in [0.15, 0.2) is 0 Å². The summed E-state index contributed by atoms with van der Waals surface area (Å²) in [5.41, 5.74) is 23.0. The van der Waals surface area contributed by atoms with Gasteiger partial charge < -0.3 is 9.13 Å². The molecule has 0 aliphatic rings. The smallest absolute Gasteiger partial charge is 0.0999 e. The summed E-state index contributed by atoms with van der Waals surface area (Å²) in [4.78, 5) is 4.56. The van der Waals surface area contributed by atoms with Crippen molar-refractivity contribution in [3.8, 4) is 62.0 Å². The van der Waals surface area contributed by atoms with Crippen LogP contribution < -0.4 is 0 Å². The second kappa shape index (κ2) is 16.8. The fourth-order valence-corrected chi connectivity index (χ4v) is 10.7. The fraction of sp³-hybridized carbons (Fsp3) is 0.0769. The third-order valence-electron chi connectivity index (χ3n) is 14.3. The third-order valence-corrected chi connectivity index (χ3v) is 14.3. The van der Waals surface area contributed by atoms with Crippen LogP contribution in [0.5, 0.6) is 0 Å². The summed E-state index contributed by atoms with van der Waals surface area (Å²) < 4.78 is 4.88. The molecule has 4 nitrogen and oxygen atoms in total. The van der Waals surface area contributed by atoms with Crippen LogP contribution in [0.25, 0.3) is 99.5 Å². The Hall–Kier alpha value is -8.78. The molecule has 0 radical (unpaired) electrons. The number of benzene rings is 9. The van der Waals surface area contributed by atoms with Crippen molar-refractivity contribution < 1.29 is 0 Å². The van der Waals surface area contributed by atoms with E-state index in [-0.39, 0.29) is 0 Å². The minimum absolute atomic E-state index is 0.573. The Bertz CT molecular complexity index is 3940. The van der Waals surface area contributed by atoms with Gasteiger partial charge in [-0.1, -0.05) is 146 Å². The first-order valence-electron chi connectivity index (χ1n) is 23.7. The number of rotatable bonds is 8. The number of aryl methyl sites for hydroxylation is 4. The molecule has 9 aromatic carbocycles. The normalized spacial score (nSPS) is 11.5. The second-order valence-corrected chi connectivity index (χ2v) is 18.5. The molecule has 328 valence electrons. The lowest BCUT2D eigenvalue weighted by Crippen LogP contribution is -2.06. The van der Waals surface area contributed by atoms with E-state index in [0.717, 1.165) is 83.8 Å². The molecule has 3 aromatic heterocycles. The van der Waals surface area contributed by atoms with Crippen LogP contribution in [0.15, 0.2) is 207 Å². The Morgan fingerprint density at radius 2 is 0.899 bits per heavy atom. The maximum atomic E-state index is 11.2. The Balaban J connectivity index is 1.23. The van der Waals surface area contributed by atoms with E-state index in [4.69, 9.17) is 0 Å². The van der Waals surface area contributed by atoms with Gasteiger partial charge in [-0.05, 0) is 149 Å². The van der Waals surface area contributed by atoms with Crippen LogP contribution in [0.4, 0.5) is 0 Å². The van der Waals surface area contributed by atoms with Crippen LogP contribution >= 0.6 is 0 Å². The van der Waals surface area contributed by atoms with Crippen molar-refractivity contribution in [2.24, 2.45) is 0 Å². The molecule has 0 aliphatic heterocycles. The zero-order valence-corrected chi connectivity index (χ0v) is 39.1. The third kappa shape index (κ3) is 7.10. The second-order valence-electron chi connectivity index (χ2n) is 18.5. The van der Waals surface area contributed by atoms with Crippen LogP contribution in [0.1, 0.15) is 38.9 Å². The van der Waals surface area contributed by atoms with Crippen molar-refractivity contribution in [2.75, 3.05) is 0 Å². The van der Waals surface area contributed by atoms with E-state index in [2.05, 4.69) is 236 Å². The highest BCUT2D eigenvalue weighted by atomic mass is 15.1. The largest absolute Gasteiger partial charge is 0.307 e. The van der Waals surface area contributed by atoms with Crippen LogP contribution in [0, 0.1) is 39.0 Å². The van der Waals surface area contributed by atoms with Crippen molar-refractivity contribution in [3.05, 3.63) is 245 Å². The number of nitrogens with zero attached hydrogens (tertiary/aromatic N) is 4. The van der Waals surface area contributed by atoms with E-state index in [9.17, 15) is 5.26 Å². The molecule has 3 heterocycles. The molecule has 12 aromatic rings. The number of nitriles is 1. The number of aromatic nitrogens is 3. The Morgan fingerprint density at radius 3 is 1.41 bits per heavy atom. The summed E-state index contributed by atoms with van der Waals surface area (Å²) in [6, 6.07) is 73.2. The Kier molecular flexibility index (Phi) is 10.2. The SMILES string of the molecule is Cc1ccccc1Cc1ccc2c(c1)c1ccc(-c3ccccc3C)cc1n2-c1cc(-c2cccnc2)c(C#N)cc1-n1c2cc(-c3ccccc3C)ccc2c2ccc(-c3ccccc3C)cc21. The molecule has 0 saturated carbocycles. The van der Waals surface area contributed by atoms with Crippen molar-refractivity contribution in [1.29, 1.82) is 5.26 Å². The van der Waals surface area contributed by atoms with Gasteiger partial charge in [-0.25, -0.2) is 0 Å². The molecule has 0 amide bonds. The Labute approximate surface area is 402 Å². The summed E-state index contributed by atoms with van der Waals surface area (Å²) >= 11 is 0. The molecule has 0 atom stereocenters. The van der Waals surface area contributed by atoms with Crippen molar-refractivity contribution in [3.63, 3.8) is 0 Å². The van der Waals surface area contributed by atoms with E-state index in [1.807, 2.05) is 12.3 Å². The van der Waals surface area contributed by atoms with Gasteiger partial charge in [-0.2, -0.15) is 5.26 Å². The predicted octanol–water partition coefficient (Wildman–Crippen LogP) is 16.6. The monoisotopic (exact) mass is 884 g/mol. The van der Waals surface area contributed by atoms with Crippen molar-refractivity contribution in [1.82, 2.24) is 14.1 Å². The van der Waals surface area contributed by atoms with E-state index in [0.29, 0.717) is 5.56 Å². The lowest BCUT2D eigenvalue weighted by atomic mass is 9.98. The van der Waals surface area contributed by atoms with Gasteiger partial charge in [0.2, 0.25) is 0 Å². The van der Waals surface area contributed by atoms with Crippen LogP contribution in [-0.4, -0.2) is 14.1 Å². The maximum Gasteiger partial charge on any atom is 0.0999 e. The van der Waals surface area contributed by atoms with Gasteiger partial charge >= 0.3 is 0 Å². The van der Waals surface area contributed by atoms with Crippen molar-refractivity contribution >= 4 is 43.6 Å². The summed E-state index contributed by atoms with van der Waals surface area (Å²) in [5.74, 6) is 0. The van der Waals surface area contributed by atoms with E-state index < -0.39 is 0 Å². The highest BCUT2D eigenvalue weighted by molar-refractivity contribution is 6.13. The van der Waals surface area contributed by atoms with Crippen LogP contribution in [0.3, 0.4) is 0 Å². The van der Waals surface area contributed by atoms with Gasteiger partial charge in [0, 0.05) is 45.1 Å². The highest BCUT2D eigenvalue weighted by Gasteiger charge is 2.24. The predicted molar refractivity (Wildman–Crippen MR) is 288 cm³/mol. The molecule has 0 unspecified atom stereocenters. The molecule has 4 heteroatoms. The van der Waals surface area contributed by atoms with Crippen molar-refractivity contribution in [2.45, 2.75) is 34.1 Å². The van der Waals surface area contributed by atoms with E-state index in [1.165, 1.54) is 55.5 Å². The molecule has 0 aliphatic carbocycles. The average Bonchev–Trinajstić information content (AvgIpc) is 3.88. The first-order valence-corrected chi connectivity index (χ1v) is 23.7. The van der Waals surface area contributed by atoms with Gasteiger partial charge in [0.1, 0.15) is 0 Å². The minimum atomic E-state index is 0.573. The number of hydrogen-bond acceptors (Lipinski definition) is 2. The first kappa shape index (κ1) is 41.6. The van der Waals surface area contributed by atoms with Crippen LogP contribution in [0.2, 0.25) is 0 Å². The summed E-state index contributed by atoms with van der Waals surface area (Å²) in [7, 11) is 0. The zero-order chi connectivity index (χ0) is 46.8. The first-order chi connectivity index (χ1) is 33.8. The van der Waals surface area contributed by atoms with Gasteiger partial charge in [-0.3, -0.25) is 4.98 Å². The molecule has 0 spiro atoms. The van der Waals surface area contributed by atoms with Gasteiger partial charge in [0.05, 0.1) is 45.1 Å². The molecular formula is C65H48N4. The Morgan fingerprint density at radius 1 is 0.406 bits per heavy atom. The molecule has 69 heavy (non-hydrogen) atoms. The molecular weight excluding hydrogens is 837 g/mol. The molecule has 0 saturated heterocycles. The average molecular weight is 885 g/mol. The minimum Gasteiger partial charge on any atom is -0.307 e. The topological polar surface area (TPSA) is 46.5 Å². The number of hydrogen-bond donors (Lipinski definition) is 0. The fourth-order valence-electron chi connectivity index (χ4n) is 10.7. The molecule has 0 fully saturated rings. The van der Waals surface area contributed by atoms with Gasteiger partial charge in [-0.15, -0.1) is 0 Å². The summed E-state index contributed by atoms with van der Waals surface area (Å²) in [6.45, 7) is 8.74. The molecule has 12 rings (SSSR count). The number of pyridine rings is 1. The summed E-state index contributed by atoms with van der Waals surface area (Å²) in [6.07, 6.45) is 4.48. The molecule has 0 bridgehead atoms. The number of fused-ring (bicyclic) bond motifs is 6. The molecule has 0 N–H and O–H groups in total. The lowest BCUT2D eigenvalue weighted by molar-refractivity contribution is 1.09. The van der Waals surface area contributed by atoms with E-state index >= 15 is 0 Å². The zero-order valence-electron chi connectivity index (χ0n) is 39.1. The maximum absolute atomic E-state index is 11.2. The quantitative estimate of drug-likeness (QED) is 0.153.